The van der Waals surface area contributed by atoms with Crippen LogP contribution in [0.1, 0.15) is 16.1 Å². The van der Waals surface area contributed by atoms with E-state index in [4.69, 9.17) is 0 Å². The summed E-state index contributed by atoms with van der Waals surface area (Å²) in [7, 11) is 0. The fourth-order valence-electron chi connectivity index (χ4n) is 1.56. The van der Waals surface area contributed by atoms with Gasteiger partial charge in [-0.15, -0.1) is 0 Å². The van der Waals surface area contributed by atoms with Gasteiger partial charge in [0.25, 0.3) is 11.5 Å². The first-order valence-electron chi connectivity index (χ1n) is 5.78. The molecule has 104 valence electrons. The third-order valence-corrected chi connectivity index (χ3v) is 2.54. The smallest absolute Gasteiger partial charge is 0.342 e. The molecule has 0 saturated carbocycles. The first-order valence-corrected chi connectivity index (χ1v) is 5.78. The van der Waals surface area contributed by atoms with Gasteiger partial charge >= 0.3 is 5.69 Å². The molecule has 0 aliphatic rings. The molecule has 0 radical (unpaired) electrons. The summed E-state index contributed by atoms with van der Waals surface area (Å²) in [4.78, 5) is 35.6. The van der Waals surface area contributed by atoms with Gasteiger partial charge in [0.15, 0.2) is 0 Å². The van der Waals surface area contributed by atoms with Gasteiger partial charge < -0.3 is 5.32 Å². The van der Waals surface area contributed by atoms with E-state index < -0.39 is 22.9 Å². The minimum atomic E-state index is -0.854. The van der Waals surface area contributed by atoms with Crippen LogP contribution in [0.3, 0.4) is 0 Å². The number of rotatable bonds is 4. The van der Waals surface area contributed by atoms with Crippen molar-refractivity contribution in [3.8, 4) is 0 Å². The molecule has 1 aromatic heterocycles. The Kier molecular flexibility index (Phi) is 4.04. The number of aromatic nitrogens is 3. The second-order valence-corrected chi connectivity index (χ2v) is 3.99. The lowest BCUT2D eigenvalue weighted by Gasteiger charge is -2.04. The molecule has 0 saturated heterocycles. The van der Waals surface area contributed by atoms with Crippen molar-refractivity contribution in [1.82, 2.24) is 20.5 Å². The van der Waals surface area contributed by atoms with Gasteiger partial charge in [0.05, 0.1) is 0 Å². The Labute approximate surface area is 111 Å². The summed E-state index contributed by atoms with van der Waals surface area (Å²) in [5, 5.41) is 7.83. The Morgan fingerprint density at radius 1 is 1.25 bits per heavy atom. The number of hydrogen-bond acceptors (Lipinski definition) is 4. The zero-order valence-electron chi connectivity index (χ0n) is 10.3. The number of hydrogen-bond donors (Lipinski definition) is 3. The van der Waals surface area contributed by atoms with Crippen LogP contribution in [0, 0.1) is 5.82 Å². The summed E-state index contributed by atoms with van der Waals surface area (Å²) >= 11 is 0. The van der Waals surface area contributed by atoms with Crippen LogP contribution in [-0.2, 0) is 6.42 Å². The summed E-state index contributed by atoms with van der Waals surface area (Å²) in [6.07, 6.45) is 0.479. The number of amides is 1. The number of H-pyrrole nitrogens is 2. The van der Waals surface area contributed by atoms with Crippen LogP contribution in [0.4, 0.5) is 4.39 Å². The van der Waals surface area contributed by atoms with Gasteiger partial charge in [0.1, 0.15) is 5.82 Å². The van der Waals surface area contributed by atoms with Crippen molar-refractivity contribution in [2.75, 3.05) is 6.54 Å². The molecule has 0 aliphatic carbocycles. The molecule has 8 heteroatoms. The number of carbonyl (C=O) groups excluding carboxylic acids is 1. The van der Waals surface area contributed by atoms with E-state index >= 15 is 0 Å². The molecule has 2 rings (SSSR count). The molecule has 0 unspecified atom stereocenters. The summed E-state index contributed by atoms with van der Waals surface area (Å²) in [6, 6.07) is 5.86. The number of nitrogens with zero attached hydrogens (tertiary/aromatic N) is 1. The minimum absolute atomic E-state index is 0.255. The molecule has 0 atom stereocenters. The Balaban J connectivity index is 1.94. The lowest BCUT2D eigenvalue weighted by atomic mass is 10.1. The standard InChI is InChI=1S/C12H11FN4O3/c13-8-3-1-7(2-4-8)5-6-14-10(18)9-11(19)15-12(20)17-16-9/h1-4H,5-6H2,(H,14,18)(H2,15,17,19,20). The lowest BCUT2D eigenvalue weighted by molar-refractivity contribution is 0.0946. The number of aromatic amines is 2. The van der Waals surface area contributed by atoms with E-state index in [0.29, 0.717) is 6.42 Å². The van der Waals surface area contributed by atoms with Crippen LogP contribution in [0.15, 0.2) is 33.9 Å². The normalized spacial score (nSPS) is 10.2. The van der Waals surface area contributed by atoms with Gasteiger partial charge in [-0.25, -0.2) is 14.3 Å². The van der Waals surface area contributed by atoms with Crippen LogP contribution in [0.25, 0.3) is 0 Å². The highest BCUT2D eigenvalue weighted by Gasteiger charge is 2.12. The number of benzene rings is 1. The molecule has 1 heterocycles. The fourth-order valence-corrected chi connectivity index (χ4v) is 1.56. The summed E-state index contributed by atoms with van der Waals surface area (Å²) < 4.78 is 12.7. The van der Waals surface area contributed by atoms with Crippen LogP contribution in [0.5, 0.6) is 0 Å². The molecular formula is C12H11FN4O3. The molecule has 0 spiro atoms. The minimum Gasteiger partial charge on any atom is -0.350 e. The van der Waals surface area contributed by atoms with E-state index in [1.807, 2.05) is 10.1 Å². The van der Waals surface area contributed by atoms with E-state index in [0.717, 1.165) is 5.56 Å². The first-order chi connectivity index (χ1) is 9.56. The number of halogens is 1. The maximum Gasteiger partial charge on any atom is 0.342 e. The van der Waals surface area contributed by atoms with E-state index in [1.54, 1.807) is 12.1 Å². The second-order valence-electron chi connectivity index (χ2n) is 3.99. The lowest BCUT2D eigenvalue weighted by Crippen LogP contribution is -2.36. The summed E-state index contributed by atoms with van der Waals surface area (Å²) in [5.41, 5.74) is -1.20. The van der Waals surface area contributed by atoms with Gasteiger partial charge in [-0.1, -0.05) is 12.1 Å². The summed E-state index contributed by atoms with van der Waals surface area (Å²) in [6.45, 7) is 0.255. The highest BCUT2D eigenvalue weighted by molar-refractivity contribution is 5.91. The van der Waals surface area contributed by atoms with Gasteiger partial charge in [0.2, 0.25) is 5.69 Å². The zero-order valence-corrected chi connectivity index (χ0v) is 10.3. The molecule has 0 aliphatic heterocycles. The van der Waals surface area contributed by atoms with E-state index in [-0.39, 0.29) is 12.4 Å². The van der Waals surface area contributed by atoms with Crippen molar-refractivity contribution < 1.29 is 9.18 Å². The Morgan fingerprint density at radius 3 is 2.60 bits per heavy atom. The maximum atomic E-state index is 12.7. The van der Waals surface area contributed by atoms with E-state index in [9.17, 15) is 18.8 Å². The molecule has 0 fully saturated rings. The number of nitrogens with one attached hydrogen (secondary N) is 3. The van der Waals surface area contributed by atoms with Gasteiger partial charge in [-0.3, -0.25) is 14.6 Å². The second kappa shape index (κ2) is 5.91. The average Bonchev–Trinajstić information content (AvgIpc) is 2.41. The number of carbonyl (C=O) groups is 1. The third kappa shape index (κ3) is 3.37. The monoisotopic (exact) mass is 278 g/mol. The van der Waals surface area contributed by atoms with Crippen LogP contribution >= 0.6 is 0 Å². The predicted molar refractivity (Wildman–Crippen MR) is 67.9 cm³/mol. The molecule has 2 aromatic rings. The van der Waals surface area contributed by atoms with E-state index in [1.165, 1.54) is 12.1 Å². The van der Waals surface area contributed by atoms with Crippen molar-refractivity contribution >= 4 is 5.91 Å². The molecule has 1 aromatic carbocycles. The van der Waals surface area contributed by atoms with Crippen LogP contribution in [0.2, 0.25) is 0 Å². The Hall–Kier alpha value is -2.77. The van der Waals surface area contributed by atoms with Crippen molar-refractivity contribution in [3.05, 3.63) is 62.2 Å². The SMILES string of the molecule is O=C(NCCc1ccc(F)cc1)c1n[nH]c(=O)[nH]c1=O. The van der Waals surface area contributed by atoms with Crippen molar-refractivity contribution in [2.24, 2.45) is 0 Å². The van der Waals surface area contributed by atoms with Crippen molar-refractivity contribution in [3.63, 3.8) is 0 Å². The zero-order chi connectivity index (χ0) is 14.5. The topological polar surface area (TPSA) is 108 Å². The summed E-state index contributed by atoms with van der Waals surface area (Å²) in [5.74, 6) is -1.02. The third-order valence-electron chi connectivity index (χ3n) is 2.54. The molecule has 0 bridgehead atoms. The Morgan fingerprint density at radius 2 is 1.95 bits per heavy atom. The van der Waals surface area contributed by atoms with Crippen molar-refractivity contribution in [2.45, 2.75) is 6.42 Å². The van der Waals surface area contributed by atoms with Crippen molar-refractivity contribution in [1.29, 1.82) is 0 Å². The van der Waals surface area contributed by atoms with Crippen LogP contribution in [-0.4, -0.2) is 27.6 Å². The fraction of sp³-hybridized carbons (Fsp3) is 0.167. The predicted octanol–water partition coefficient (Wildman–Crippen LogP) is -0.430. The molecule has 7 nitrogen and oxygen atoms in total. The highest BCUT2D eigenvalue weighted by Crippen LogP contribution is 2.02. The Bertz CT molecular complexity index is 720. The molecule has 3 N–H and O–H groups in total. The van der Waals surface area contributed by atoms with Crippen LogP contribution < -0.4 is 16.6 Å². The van der Waals surface area contributed by atoms with Gasteiger partial charge in [0, 0.05) is 6.54 Å². The highest BCUT2D eigenvalue weighted by atomic mass is 19.1. The van der Waals surface area contributed by atoms with E-state index in [2.05, 4.69) is 10.4 Å². The molecule has 1 amide bonds. The molecule has 20 heavy (non-hydrogen) atoms. The van der Waals surface area contributed by atoms with Gasteiger partial charge in [-0.05, 0) is 24.1 Å². The quantitative estimate of drug-likeness (QED) is 0.705. The maximum absolute atomic E-state index is 12.7. The first kappa shape index (κ1) is 13.7. The largest absolute Gasteiger partial charge is 0.350 e. The average molecular weight is 278 g/mol. The molecular weight excluding hydrogens is 267 g/mol. The van der Waals surface area contributed by atoms with Gasteiger partial charge in [-0.2, -0.15) is 5.10 Å².